The lowest BCUT2D eigenvalue weighted by Gasteiger charge is -2.12. The molecule has 0 bridgehead atoms. The summed E-state index contributed by atoms with van der Waals surface area (Å²) in [6.45, 7) is 16.7. The minimum atomic E-state index is 0.305. The Balaban J connectivity index is 1.25. The molecule has 0 saturated carbocycles. The molecule has 0 N–H and O–H groups in total. The van der Waals surface area contributed by atoms with E-state index < -0.39 is 0 Å². The molecule has 2 aromatic heterocycles. The van der Waals surface area contributed by atoms with Crippen LogP contribution in [0.4, 0.5) is 0 Å². The van der Waals surface area contributed by atoms with Crippen molar-refractivity contribution in [2.24, 2.45) is 11.8 Å². The van der Waals surface area contributed by atoms with Crippen molar-refractivity contribution in [2.75, 3.05) is 13.2 Å². The van der Waals surface area contributed by atoms with Crippen LogP contribution in [0.2, 0.25) is 0 Å². The molecule has 2 aromatic carbocycles. The second kappa shape index (κ2) is 20.4. The van der Waals surface area contributed by atoms with Crippen LogP contribution in [0.1, 0.15) is 47.9 Å². The first-order chi connectivity index (χ1) is 23.6. The summed E-state index contributed by atoms with van der Waals surface area (Å²) in [5, 5.41) is 2.30. The van der Waals surface area contributed by atoms with Gasteiger partial charge in [0.25, 0.3) is 19.5 Å². The van der Waals surface area contributed by atoms with Gasteiger partial charge in [-0.2, -0.15) is 0 Å². The highest BCUT2D eigenvalue weighted by molar-refractivity contribution is 6.47. The molecule has 4 rings (SSSR count). The summed E-state index contributed by atoms with van der Waals surface area (Å²) < 4.78 is 11.9. The van der Waals surface area contributed by atoms with E-state index in [9.17, 15) is 0 Å². The first-order valence-corrected chi connectivity index (χ1v) is 17.8. The number of rotatable bonds is 17. The first kappa shape index (κ1) is 36.0. The van der Waals surface area contributed by atoms with Gasteiger partial charge in [0.15, 0.2) is 0 Å². The predicted octanol–water partition coefficient (Wildman–Crippen LogP) is 7.00. The minimum Gasteiger partial charge on any atom is -0.411 e. The summed E-state index contributed by atoms with van der Waals surface area (Å²) in [5.41, 5.74) is 5.14. The second-order valence-corrected chi connectivity index (χ2v) is 13.3. The van der Waals surface area contributed by atoms with Crippen molar-refractivity contribution in [1.29, 1.82) is 0 Å². The Morgan fingerprint density at radius 1 is 0.500 bits per heavy atom. The van der Waals surface area contributed by atoms with E-state index in [1.165, 1.54) is 0 Å². The third kappa shape index (κ3) is 12.4. The smallest absolute Gasteiger partial charge is 0.268 e. The number of allylic oxidation sites excluding steroid dienone is 4. The molecule has 0 aliphatic rings. The molecule has 0 unspecified atom stereocenters. The quantitative estimate of drug-likeness (QED) is 0.0695. The lowest BCUT2D eigenvalue weighted by molar-refractivity contribution is 0.266. The number of pyridine rings is 2. The molecule has 0 amide bonds. The summed E-state index contributed by atoms with van der Waals surface area (Å²) in [6, 6.07) is 24.2. The molecular formula is C42H40N2O2Si2. The molecule has 4 radical (unpaired) electrons. The van der Waals surface area contributed by atoms with Crippen LogP contribution in [0.5, 0.6) is 0 Å². The van der Waals surface area contributed by atoms with E-state index in [1.807, 2.05) is 72.8 Å². The summed E-state index contributed by atoms with van der Waals surface area (Å²) in [6.07, 6.45) is 15.0. The summed E-state index contributed by atoms with van der Waals surface area (Å²) in [7, 11) is 0.609. The van der Waals surface area contributed by atoms with E-state index in [2.05, 4.69) is 84.2 Å². The summed E-state index contributed by atoms with van der Waals surface area (Å²) >= 11 is 0. The second-order valence-electron chi connectivity index (χ2n) is 11.2. The molecule has 238 valence electrons. The maximum Gasteiger partial charge on any atom is 0.268 e. The van der Waals surface area contributed by atoms with Gasteiger partial charge in [0, 0.05) is 47.9 Å². The highest BCUT2D eigenvalue weighted by Crippen LogP contribution is 2.15. The molecule has 0 spiro atoms. The minimum absolute atomic E-state index is 0.305. The van der Waals surface area contributed by atoms with Gasteiger partial charge in [0.1, 0.15) is 0 Å². The number of benzene rings is 2. The number of hydrogen-bond acceptors (Lipinski definition) is 4. The zero-order valence-electron chi connectivity index (χ0n) is 27.3. The molecule has 0 aliphatic carbocycles. The SMILES string of the molecule is C=CCC(CC=C)CO[Si]c1ccc(C#Cc2ccc(-c3ccc(C#Cc4ccc([Si]OCC(CC=C)CC=C)cc4)cn3)nc2)cc1. The lowest BCUT2D eigenvalue weighted by Crippen LogP contribution is -2.20. The zero-order valence-corrected chi connectivity index (χ0v) is 29.3. The van der Waals surface area contributed by atoms with Gasteiger partial charge in [-0.3, -0.25) is 9.97 Å². The largest absolute Gasteiger partial charge is 0.411 e. The van der Waals surface area contributed by atoms with E-state index in [4.69, 9.17) is 8.85 Å². The Hall–Kier alpha value is -4.83. The van der Waals surface area contributed by atoms with Gasteiger partial charge in [0.2, 0.25) is 0 Å². The highest BCUT2D eigenvalue weighted by Gasteiger charge is 2.07. The van der Waals surface area contributed by atoms with Crippen molar-refractivity contribution in [3.8, 4) is 35.1 Å². The lowest BCUT2D eigenvalue weighted by atomic mass is 10.0. The van der Waals surface area contributed by atoms with Crippen molar-refractivity contribution >= 4 is 29.9 Å². The predicted molar refractivity (Wildman–Crippen MR) is 201 cm³/mol. The van der Waals surface area contributed by atoms with Gasteiger partial charge in [-0.15, -0.1) is 26.3 Å². The fraction of sp³-hybridized carbons (Fsp3) is 0.190. The van der Waals surface area contributed by atoms with E-state index >= 15 is 0 Å². The van der Waals surface area contributed by atoms with E-state index in [0.717, 1.165) is 69.7 Å². The molecule has 6 heteroatoms. The van der Waals surface area contributed by atoms with Gasteiger partial charge < -0.3 is 8.85 Å². The summed E-state index contributed by atoms with van der Waals surface area (Å²) in [5.74, 6) is 13.7. The normalized spacial score (nSPS) is 10.5. The van der Waals surface area contributed by atoms with Crippen molar-refractivity contribution in [3.63, 3.8) is 0 Å². The molecule has 4 aromatic rings. The highest BCUT2D eigenvalue weighted by atomic mass is 28.2. The van der Waals surface area contributed by atoms with E-state index in [-0.39, 0.29) is 0 Å². The Kier molecular flexibility index (Phi) is 15.3. The third-order valence-corrected chi connectivity index (χ3v) is 9.04. The zero-order chi connectivity index (χ0) is 33.8. The van der Waals surface area contributed by atoms with Crippen LogP contribution in [0.3, 0.4) is 0 Å². The van der Waals surface area contributed by atoms with Gasteiger partial charge in [-0.05, 0) is 96.4 Å². The maximum absolute atomic E-state index is 5.94. The van der Waals surface area contributed by atoms with E-state index in [0.29, 0.717) is 44.6 Å². The monoisotopic (exact) mass is 660 g/mol. The van der Waals surface area contributed by atoms with Crippen molar-refractivity contribution in [2.45, 2.75) is 25.7 Å². The number of nitrogens with zero attached hydrogens (tertiary/aromatic N) is 2. The Bertz CT molecular complexity index is 1590. The van der Waals surface area contributed by atoms with Gasteiger partial charge in [-0.1, -0.05) is 72.3 Å². The van der Waals surface area contributed by atoms with Crippen LogP contribution < -0.4 is 10.4 Å². The Morgan fingerprint density at radius 2 is 0.833 bits per heavy atom. The average Bonchev–Trinajstić information content (AvgIpc) is 3.12. The van der Waals surface area contributed by atoms with Crippen LogP contribution in [-0.2, 0) is 8.85 Å². The fourth-order valence-corrected chi connectivity index (χ4v) is 6.24. The molecule has 0 saturated heterocycles. The molecule has 48 heavy (non-hydrogen) atoms. The van der Waals surface area contributed by atoms with E-state index in [1.54, 1.807) is 12.4 Å². The topological polar surface area (TPSA) is 44.2 Å². The van der Waals surface area contributed by atoms with Crippen LogP contribution in [0, 0.1) is 35.5 Å². The number of hydrogen-bond donors (Lipinski definition) is 0. The third-order valence-electron chi connectivity index (χ3n) is 7.28. The maximum atomic E-state index is 5.94. The van der Waals surface area contributed by atoms with Gasteiger partial charge in [-0.25, -0.2) is 0 Å². The Morgan fingerprint density at radius 3 is 1.15 bits per heavy atom. The van der Waals surface area contributed by atoms with Gasteiger partial charge >= 0.3 is 0 Å². The fourth-order valence-electron chi connectivity index (χ4n) is 4.66. The van der Waals surface area contributed by atoms with Crippen LogP contribution >= 0.6 is 0 Å². The molecular weight excluding hydrogens is 621 g/mol. The molecule has 4 nitrogen and oxygen atoms in total. The van der Waals surface area contributed by atoms with Crippen molar-refractivity contribution in [1.82, 2.24) is 9.97 Å². The molecule has 0 atom stereocenters. The molecule has 2 heterocycles. The standard InChI is InChI=1S/C42H40N2O2Si2/c1-5-9-37(10-6-2)31-45-47-39-23-17-33(18-24-39)13-15-35-21-27-41(43-29-35)42-28-22-36(30-44-42)16-14-34-19-25-40(26-20-34)48-46-32-38(11-7-3)12-8-4/h5-8,17-30,37-38H,1-4,9-12,31-32H2. The first-order valence-electron chi connectivity index (χ1n) is 16.0. The Labute approximate surface area is 291 Å². The van der Waals surface area contributed by atoms with Crippen molar-refractivity contribution < 1.29 is 8.85 Å². The summed E-state index contributed by atoms with van der Waals surface area (Å²) in [4.78, 5) is 9.17. The molecule has 0 aliphatic heterocycles. The van der Waals surface area contributed by atoms with Crippen LogP contribution in [0.25, 0.3) is 11.4 Å². The van der Waals surface area contributed by atoms with Crippen LogP contribution in [-0.4, -0.2) is 42.7 Å². The number of aromatic nitrogens is 2. The van der Waals surface area contributed by atoms with Crippen LogP contribution in [0.15, 0.2) is 136 Å². The molecule has 0 fully saturated rings. The van der Waals surface area contributed by atoms with Gasteiger partial charge in [0.05, 0.1) is 11.4 Å². The van der Waals surface area contributed by atoms with Crippen molar-refractivity contribution in [3.05, 3.63) is 158 Å². The average molecular weight is 661 g/mol.